The zero-order valence-corrected chi connectivity index (χ0v) is 9.73. The number of rotatable bonds is 5. The maximum absolute atomic E-state index is 5.49. The lowest BCUT2D eigenvalue weighted by molar-refractivity contribution is 0.396. The van der Waals surface area contributed by atoms with Gasteiger partial charge in [-0.15, -0.1) is 0 Å². The highest BCUT2D eigenvalue weighted by molar-refractivity contribution is 9.10. The van der Waals surface area contributed by atoms with Crippen LogP contribution in [0.3, 0.4) is 0 Å². The molecular formula is C10H16BrNO. The second-order valence-corrected chi connectivity index (χ2v) is 3.91. The van der Waals surface area contributed by atoms with E-state index >= 15 is 0 Å². The van der Waals surface area contributed by atoms with Crippen molar-refractivity contribution in [3.63, 3.8) is 0 Å². The Hall–Kier alpha value is -0.280. The van der Waals surface area contributed by atoms with Gasteiger partial charge in [-0.2, -0.15) is 0 Å². The summed E-state index contributed by atoms with van der Waals surface area (Å²) in [4.78, 5) is 0. The van der Waals surface area contributed by atoms with E-state index in [0.717, 1.165) is 16.9 Å². The third-order valence-corrected chi connectivity index (χ3v) is 2.56. The fraction of sp³-hybridized carbons (Fsp3) is 0.600. The second-order valence-electron chi connectivity index (χ2n) is 3.13. The Balaban J connectivity index is 2.56. The van der Waals surface area contributed by atoms with Gasteiger partial charge in [0.15, 0.2) is 4.67 Å². The van der Waals surface area contributed by atoms with Gasteiger partial charge in [0.2, 0.25) is 0 Å². The van der Waals surface area contributed by atoms with Crippen molar-refractivity contribution in [2.24, 2.45) is 0 Å². The van der Waals surface area contributed by atoms with Crippen molar-refractivity contribution in [3.05, 3.63) is 22.6 Å². The van der Waals surface area contributed by atoms with Crippen LogP contribution in [0.15, 0.2) is 21.2 Å². The van der Waals surface area contributed by atoms with E-state index in [1.165, 1.54) is 12.8 Å². The highest BCUT2D eigenvalue weighted by Gasteiger charge is 2.11. The number of hydrogen-bond donors (Lipinski definition) is 1. The van der Waals surface area contributed by atoms with Crippen molar-refractivity contribution >= 4 is 15.9 Å². The average Bonchev–Trinajstić information content (AvgIpc) is 2.54. The molecule has 1 N–H and O–H groups in total. The predicted molar refractivity (Wildman–Crippen MR) is 57.7 cm³/mol. The molecule has 0 radical (unpaired) electrons. The second kappa shape index (κ2) is 5.45. The molecule has 0 spiro atoms. The normalized spacial score (nSPS) is 13.2. The summed E-state index contributed by atoms with van der Waals surface area (Å²) < 4.78 is 6.29. The van der Waals surface area contributed by atoms with Gasteiger partial charge in [-0.1, -0.05) is 19.8 Å². The summed E-state index contributed by atoms with van der Waals surface area (Å²) in [6.45, 7) is 2.20. The van der Waals surface area contributed by atoms with E-state index in [1.54, 1.807) is 0 Å². The van der Waals surface area contributed by atoms with Gasteiger partial charge in [0.1, 0.15) is 5.76 Å². The van der Waals surface area contributed by atoms with E-state index in [2.05, 4.69) is 28.2 Å². The van der Waals surface area contributed by atoms with Gasteiger partial charge >= 0.3 is 0 Å². The molecule has 3 heteroatoms. The highest BCUT2D eigenvalue weighted by Crippen LogP contribution is 2.23. The molecule has 2 nitrogen and oxygen atoms in total. The lowest BCUT2D eigenvalue weighted by atomic mass is 10.1. The largest absolute Gasteiger partial charge is 0.453 e. The predicted octanol–water partition coefficient (Wildman–Crippen LogP) is 3.49. The standard InChI is InChI=1S/C10H16BrNO/c1-3-4-5-8(12-2)9-6-7-10(11)13-9/h6-8,12H,3-5H2,1-2H3. The summed E-state index contributed by atoms with van der Waals surface area (Å²) >= 11 is 3.30. The summed E-state index contributed by atoms with van der Waals surface area (Å²) in [6, 6.07) is 4.30. The van der Waals surface area contributed by atoms with E-state index in [4.69, 9.17) is 4.42 Å². The molecule has 0 amide bonds. The van der Waals surface area contributed by atoms with Crippen LogP contribution in [0.2, 0.25) is 0 Å². The van der Waals surface area contributed by atoms with Crippen molar-refractivity contribution in [1.82, 2.24) is 5.32 Å². The number of hydrogen-bond acceptors (Lipinski definition) is 2. The summed E-state index contributed by atoms with van der Waals surface area (Å²) in [7, 11) is 1.97. The monoisotopic (exact) mass is 245 g/mol. The molecule has 74 valence electrons. The zero-order valence-electron chi connectivity index (χ0n) is 8.14. The SMILES string of the molecule is CCCCC(NC)c1ccc(Br)o1. The molecule has 0 aliphatic rings. The molecule has 0 saturated carbocycles. The molecule has 13 heavy (non-hydrogen) atoms. The van der Waals surface area contributed by atoms with Crippen molar-refractivity contribution in [1.29, 1.82) is 0 Å². The van der Waals surface area contributed by atoms with E-state index in [-0.39, 0.29) is 0 Å². The third kappa shape index (κ3) is 3.16. The van der Waals surface area contributed by atoms with Gasteiger partial charge in [0.05, 0.1) is 6.04 Å². The number of nitrogens with one attached hydrogen (secondary N) is 1. The smallest absolute Gasteiger partial charge is 0.169 e. The maximum atomic E-state index is 5.49. The van der Waals surface area contributed by atoms with E-state index in [9.17, 15) is 0 Å². The van der Waals surface area contributed by atoms with Crippen molar-refractivity contribution in [2.45, 2.75) is 32.2 Å². The number of halogens is 1. The molecule has 0 saturated heterocycles. The van der Waals surface area contributed by atoms with Gasteiger partial charge < -0.3 is 9.73 Å². The fourth-order valence-corrected chi connectivity index (χ4v) is 1.67. The highest BCUT2D eigenvalue weighted by atomic mass is 79.9. The maximum Gasteiger partial charge on any atom is 0.169 e. The van der Waals surface area contributed by atoms with Gasteiger partial charge in [-0.25, -0.2) is 0 Å². The van der Waals surface area contributed by atoms with Crippen molar-refractivity contribution in [2.75, 3.05) is 7.05 Å². The first-order valence-corrected chi connectivity index (χ1v) is 5.49. The van der Waals surface area contributed by atoms with E-state index < -0.39 is 0 Å². The summed E-state index contributed by atoms with van der Waals surface area (Å²) in [5.74, 6) is 1.02. The van der Waals surface area contributed by atoms with E-state index in [1.807, 2.05) is 19.2 Å². The number of furan rings is 1. The van der Waals surface area contributed by atoms with Gasteiger partial charge in [0.25, 0.3) is 0 Å². The molecule has 0 aliphatic heterocycles. The average molecular weight is 246 g/mol. The molecule has 1 unspecified atom stereocenters. The molecule has 1 aromatic heterocycles. The molecule has 1 rings (SSSR count). The minimum Gasteiger partial charge on any atom is -0.453 e. The van der Waals surface area contributed by atoms with Crippen LogP contribution in [0.5, 0.6) is 0 Å². The minimum atomic E-state index is 0.353. The molecule has 1 heterocycles. The fourth-order valence-electron chi connectivity index (χ4n) is 1.35. The molecule has 0 aliphatic carbocycles. The van der Waals surface area contributed by atoms with Crippen LogP contribution in [0, 0.1) is 0 Å². The molecular weight excluding hydrogens is 230 g/mol. The minimum absolute atomic E-state index is 0.353. The Labute approximate surface area is 87.8 Å². The number of unbranched alkanes of at least 4 members (excludes halogenated alkanes) is 1. The molecule has 0 fully saturated rings. The van der Waals surface area contributed by atoms with Crippen LogP contribution >= 0.6 is 15.9 Å². The topological polar surface area (TPSA) is 25.2 Å². The van der Waals surface area contributed by atoms with Crippen molar-refractivity contribution in [3.8, 4) is 0 Å². The summed E-state index contributed by atoms with van der Waals surface area (Å²) in [6.07, 6.45) is 3.58. The van der Waals surface area contributed by atoms with Gasteiger partial charge in [-0.3, -0.25) is 0 Å². The first kappa shape index (κ1) is 10.8. The van der Waals surface area contributed by atoms with Gasteiger partial charge in [-0.05, 0) is 41.5 Å². The lowest BCUT2D eigenvalue weighted by Crippen LogP contribution is -2.15. The Morgan fingerprint density at radius 1 is 1.54 bits per heavy atom. The Bertz CT molecular complexity index is 247. The van der Waals surface area contributed by atoms with E-state index in [0.29, 0.717) is 6.04 Å². The van der Waals surface area contributed by atoms with Gasteiger partial charge in [0, 0.05) is 0 Å². The zero-order chi connectivity index (χ0) is 9.68. The van der Waals surface area contributed by atoms with Crippen LogP contribution < -0.4 is 5.32 Å². The molecule has 0 aromatic carbocycles. The van der Waals surface area contributed by atoms with Crippen LogP contribution in [-0.4, -0.2) is 7.05 Å². The lowest BCUT2D eigenvalue weighted by Gasteiger charge is -2.12. The summed E-state index contributed by atoms with van der Waals surface area (Å²) in [5.41, 5.74) is 0. The first-order valence-electron chi connectivity index (χ1n) is 4.70. The molecule has 1 atom stereocenters. The molecule has 0 bridgehead atoms. The quantitative estimate of drug-likeness (QED) is 0.860. The Morgan fingerprint density at radius 2 is 2.31 bits per heavy atom. The molecule has 1 aromatic rings. The Morgan fingerprint density at radius 3 is 2.77 bits per heavy atom. The van der Waals surface area contributed by atoms with Crippen LogP contribution in [0.4, 0.5) is 0 Å². The first-order chi connectivity index (χ1) is 6.27. The third-order valence-electron chi connectivity index (χ3n) is 2.13. The van der Waals surface area contributed by atoms with Crippen LogP contribution in [0.25, 0.3) is 0 Å². The summed E-state index contributed by atoms with van der Waals surface area (Å²) in [5, 5.41) is 3.25. The van der Waals surface area contributed by atoms with Crippen LogP contribution in [-0.2, 0) is 0 Å². The Kier molecular flexibility index (Phi) is 4.53. The van der Waals surface area contributed by atoms with Crippen molar-refractivity contribution < 1.29 is 4.42 Å². The van der Waals surface area contributed by atoms with Crippen LogP contribution in [0.1, 0.15) is 38.0 Å².